The van der Waals surface area contributed by atoms with Crippen molar-refractivity contribution < 1.29 is 4.79 Å². The summed E-state index contributed by atoms with van der Waals surface area (Å²) in [6, 6.07) is 7.38. The maximum atomic E-state index is 12.2. The van der Waals surface area contributed by atoms with Gasteiger partial charge in [-0.3, -0.25) is 14.9 Å². The molecule has 1 aliphatic heterocycles. The lowest BCUT2D eigenvalue weighted by Crippen LogP contribution is -2.29. The minimum Gasteiger partial charge on any atom is -0.337 e. The van der Waals surface area contributed by atoms with Crippen LogP contribution in [-0.4, -0.2) is 39.1 Å². The summed E-state index contributed by atoms with van der Waals surface area (Å²) in [6.45, 7) is 1.51. The Kier molecular flexibility index (Phi) is 2.80. The fraction of sp³-hybridized carbons (Fsp3) is 0.308. The van der Waals surface area contributed by atoms with Crippen LogP contribution in [0, 0.1) is 0 Å². The highest BCUT2D eigenvalue weighted by atomic mass is 16.2. The molecule has 18 heavy (non-hydrogen) atoms. The van der Waals surface area contributed by atoms with Crippen molar-refractivity contribution in [3.8, 4) is 0 Å². The number of rotatable bonds is 2. The quantitative estimate of drug-likeness (QED) is 0.866. The SMILES string of the molecule is O=C(c1ccccn1)N1CCC(c2ccn[nH]2)C1. The van der Waals surface area contributed by atoms with Gasteiger partial charge in [-0.1, -0.05) is 6.07 Å². The molecule has 1 fully saturated rings. The highest BCUT2D eigenvalue weighted by Gasteiger charge is 2.28. The molecule has 0 bridgehead atoms. The summed E-state index contributed by atoms with van der Waals surface area (Å²) in [5.41, 5.74) is 1.62. The first-order valence-corrected chi connectivity index (χ1v) is 6.04. The van der Waals surface area contributed by atoms with Crippen LogP contribution in [0.25, 0.3) is 0 Å². The number of hydrogen-bond acceptors (Lipinski definition) is 3. The van der Waals surface area contributed by atoms with Gasteiger partial charge in [0.2, 0.25) is 0 Å². The van der Waals surface area contributed by atoms with E-state index in [0.29, 0.717) is 11.6 Å². The molecule has 1 saturated heterocycles. The fourth-order valence-corrected chi connectivity index (χ4v) is 2.34. The van der Waals surface area contributed by atoms with Crippen LogP contribution in [0.2, 0.25) is 0 Å². The highest BCUT2D eigenvalue weighted by Crippen LogP contribution is 2.26. The zero-order valence-electron chi connectivity index (χ0n) is 9.91. The first-order valence-electron chi connectivity index (χ1n) is 6.04. The number of carbonyl (C=O) groups is 1. The van der Waals surface area contributed by atoms with E-state index in [0.717, 1.165) is 25.2 Å². The minimum absolute atomic E-state index is 0.0117. The minimum atomic E-state index is 0.0117. The number of likely N-dealkylation sites (tertiary alicyclic amines) is 1. The summed E-state index contributed by atoms with van der Waals surface area (Å²) >= 11 is 0. The average molecular weight is 242 g/mol. The van der Waals surface area contributed by atoms with E-state index in [9.17, 15) is 4.79 Å². The van der Waals surface area contributed by atoms with Crippen LogP contribution < -0.4 is 0 Å². The normalized spacial score (nSPS) is 19.1. The number of nitrogens with zero attached hydrogens (tertiary/aromatic N) is 3. The van der Waals surface area contributed by atoms with Gasteiger partial charge in [-0.15, -0.1) is 0 Å². The molecule has 0 aliphatic carbocycles. The molecule has 92 valence electrons. The maximum absolute atomic E-state index is 12.2. The van der Waals surface area contributed by atoms with Gasteiger partial charge in [0.1, 0.15) is 5.69 Å². The van der Waals surface area contributed by atoms with Crippen molar-refractivity contribution in [2.75, 3.05) is 13.1 Å². The molecule has 0 saturated carbocycles. The van der Waals surface area contributed by atoms with Gasteiger partial charge in [0, 0.05) is 37.1 Å². The highest BCUT2D eigenvalue weighted by molar-refractivity contribution is 5.92. The first kappa shape index (κ1) is 11.0. The molecule has 1 atom stereocenters. The Labute approximate surface area is 105 Å². The van der Waals surface area contributed by atoms with Gasteiger partial charge < -0.3 is 4.90 Å². The Balaban J connectivity index is 1.71. The Morgan fingerprint density at radius 2 is 2.28 bits per heavy atom. The molecule has 5 nitrogen and oxygen atoms in total. The molecular weight excluding hydrogens is 228 g/mol. The van der Waals surface area contributed by atoms with Crippen LogP contribution in [0.3, 0.4) is 0 Å². The van der Waals surface area contributed by atoms with Gasteiger partial charge in [0.05, 0.1) is 0 Å². The van der Waals surface area contributed by atoms with Crippen molar-refractivity contribution in [2.24, 2.45) is 0 Å². The second-order valence-corrected chi connectivity index (χ2v) is 4.46. The molecule has 2 aromatic heterocycles. The molecular formula is C13H14N4O. The summed E-state index contributed by atoms with van der Waals surface area (Å²) in [4.78, 5) is 18.2. The summed E-state index contributed by atoms with van der Waals surface area (Å²) in [5, 5.41) is 6.93. The number of H-pyrrole nitrogens is 1. The summed E-state index contributed by atoms with van der Waals surface area (Å²) < 4.78 is 0. The summed E-state index contributed by atoms with van der Waals surface area (Å²) in [5.74, 6) is 0.373. The van der Waals surface area contributed by atoms with Crippen molar-refractivity contribution in [1.82, 2.24) is 20.1 Å². The Hall–Kier alpha value is -2.17. The van der Waals surface area contributed by atoms with Gasteiger partial charge in [-0.25, -0.2) is 0 Å². The van der Waals surface area contributed by atoms with E-state index in [4.69, 9.17) is 0 Å². The van der Waals surface area contributed by atoms with Crippen LogP contribution in [0.15, 0.2) is 36.7 Å². The van der Waals surface area contributed by atoms with Gasteiger partial charge in [0.25, 0.3) is 5.91 Å². The molecule has 1 unspecified atom stereocenters. The third-order valence-corrected chi connectivity index (χ3v) is 3.32. The molecule has 1 N–H and O–H groups in total. The van der Waals surface area contributed by atoms with E-state index >= 15 is 0 Å². The molecule has 0 aromatic carbocycles. The molecule has 1 amide bonds. The second kappa shape index (κ2) is 4.60. The Bertz CT molecular complexity index is 523. The zero-order valence-corrected chi connectivity index (χ0v) is 9.91. The summed E-state index contributed by atoms with van der Waals surface area (Å²) in [7, 11) is 0. The van der Waals surface area contributed by atoms with Crippen molar-refractivity contribution in [1.29, 1.82) is 0 Å². The third-order valence-electron chi connectivity index (χ3n) is 3.32. The number of amides is 1. The lowest BCUT2D eigenvalue weighted by atomic mass is 10.1. The van der Waals surface area contributed by atoms with Crippen molar-refractivity contribution in [2.45, 2.75) is 12.3 Å². The molecule has 3 heterocycles. The fourth-order valence-electron chi connectivity index (χ4n) is 2.34. The van der Waals surface area contributed by atoms with Crippen LogP contribution in [0.4, 0.5) is 0 Å². The van der Waals surface area contributed by atoms with Crippen LogP contribution in [0.1, 0.15) is 28.5 Å². The molecule has 0 radical (unpaired) electrons. The van der Waals surface area contributed by atoms with Gasteiger partial charge in [0.15, 0.2) is 0 Å². The lowest BCUT2D eigenvalue weighted by Gasteiger charge is -2.15. The van der Waals surface area contributed by atoms with E-state index in [-0.39, 0.29) is 5.91 Å². The Morgan fingerprint density at radius 1 is 1.33 bits per heavy atom. The zero-order chi connectivity index (χ0) is 12.4. The molecule has 5 heteroatoms. The monoisotopic (exact) mass is 242 g/mol. The maximum Gasteiger partial charge on any atom is 0.272 e. The standard InChI is InChI=1S/C13H14N4O/c18-13(12-3-1-2-6-14-12)17-8-5-10(9-17)11-4-7-15-16-11/h1-4,6-7,10H,5,8-9H2,(H,15,16). The number of nitrogens with one attached hydrogen (secondary N) is 1. The second-order valence-electron chi connectivity index (χ2n) is 4.46. The van der Waals surface area contributed by atoms with Crippen LogP contribution >= 0.6 is 0 Å². The predicted molar refractivity (Wildman–Crippen MR) is 66.1 cm³/mol. The van der Waals surface area contributed by atoms with E-state index in [2.05, 4.69) is 15.2 Å². The van der Waals surface area contributed by atoms with E-state index < -0.39 is 0 Å². The molecule has 3 rings (SSSR count). The van der Waals surface area contributed by atoms with Crippen molar-refractivity contribution >= 4 is 5.91 Å². The third kappa shape index (κ3) is 1.99. The lowest BCUT2D eigenvalue weighted by molar-refractivity contribution is 0.0785. The van der Waals surface area contributed by atoms with Gasteiger partial charge in [-0.05, 0) is 24.6 Å². The van der Waals surface area contributed by atoms with E-state index in [1.54, 1.807) is 18.5 Å². The molecule has 1 aliphatic rings. The smallest absolute Gasteiger partial charge is 0.272 e. The van der Waals surface area contributed by atoms with Crippen LogP contribution in [0.5, 0.6) is 0 Å². The van der Waals surface area contributed by atoms with E-state index in [1.807, 2.05) is 23.1 Å². The number of aromatic nitrogens is 3. The average Bonchev–Trinajstić information content (AvgIpc) is 3.09. The van der Waals surface area contributed by atoms with E-state index in [1.165, 1.54) is 0 Å². The number of pyridine rings is 1. The van der Waals surface area contributed by atoms with Crippen molar-refractivity contribution in [3.63, 3.8) is 0 Å². The number of aromatic amines is 1. The number of hydrogen-bond donors (Lipinski definition) is 1. The Morgan fingerprint density at radius 3 is 3.00 bits per heavy atom. The topological polar surface area (TPSA) is 61.9 Å². The molecule has 0 spiro atoms. The van der Waals surface area contributed by atoms with Gasteiger partial charge in [-0.2, -0.15) is 5.10 Å². The first-order chi connectivity index (χ1) is 8.84. The largest absolute Gasteiger partial charge is 0.337 e. The van der Waals surface area contributed by atoms with Crippen LogP contribution in [-0.2, 0) is 0 Å². The van der Waals surface area contributed by atoms with Gasteiger partial charge >= 0.3 is 0 Å². The molecule has 2 aromatic rings. The number of carbonyl (C=O) groups excluding carboxylic acids is 1. The summed E-state index contributed by atoms with van der Waals surface area (Å²) in [6.07, 6.45) is 4.37. The predicted octanol–water partition coefficient (Wildman–Crippen LogP) is 1.43. The van der Waals surface area contributed by atoms with Crippen molar-refractivity contribution in [3.05, 3.63) is 48.0 Å².